The van der Waals surface area contributed by atoms with Crippen LogP contribution in [0.5, 0.6) is 0 Å². The number of nitrogens with zero attached hydrogens (tertiary/aromatic N) is 1. The van der Waals surface area contributed by atoms with Gasteiger partial charge in [0, 0.05) is 16.9 Å². The summed E-state index contributed by atoms with van der Waals surface area (Å²) in [7, 11) is -3.38. The second-order valence-corrected chi connectivity index (χ2v) is 7.93. The predicted molar refractivity (Wildman–Crippen MR) is 99.5 cm³/mol. The van der Waals surface area contributed by atoms with Crippen molar-refractivity contribution in [3.8, 4) is 0 Å². The standard InChI is InChI=1S/C17H22N4O4S/c1-10(13-6-5-7-14(8-13)21-26(4,24)25)19-16(22)9-15-11(2)18-12(3)20-17(15)23/h5-8,10,21H,9H2,1-4H3,(H,19,22)(H,18,20,23)/t10-/m0/s1. The van der Waals surface area contributed by atoms with Crippen molar-refractivity contribution in [2.75, 3.05) is 11.0 Å². The molecule has 140 valence electrons. The van der Waals surface area contributed by atoms with Gasteiger partial charge in [-0.1, -0.05) is 12.1 Å². The van der Waals surface area contributed by atoms with Gasteiger partial charge in [0.2, 0.25) is 15.9 Å². The molecular weight excluding hydrogens is 356 g/mol. The number of carbonyl (C=O) groups is 1. The van der Waals surface area contributed by atoms with Crippen molar-refractivity contribution in [1.82, 2.24) is 15.3 Å². The molecule has 1 atom stereocenters. The summed E-state index contributed by atoms with van der Waals surface area (Å²) >= 11 is 0. The largest absolute Gasteiger partial charge is 0.349 e. The average Bonchev–Trinajstić information content (AvgIpc) is 2.49. The Balaban J connectivity index is 2.10. The first-order valence-electron chi connectivity index (χ1n) is 7.98. The molecular formula is C17H22N4O4S. The van der Waals surface area contributed by atoms with Crippen molar-refractivity contribution in [2.45, 2.75) is 33.2 Å². The number of aromatic amines is 1. The molecule has 0 saturated carbocycles. The number of anilines is 1. The van der Waals surface area contributed by atoms with Gasteiger partial charge in [-0.3, -0.25) is 14.3 Å². The third kappa shape index (κ3) is 5.41. The van der Waals surface area contributed by atoms with Crippen LogP contribution in [0.2, 0.25) is 0 Å². The van der Waals surface area contributed by atoms with E-state index in [0.29, 0.717) is 22.8 Å². The minimum Gasteiger partial charge on any atom is -0.349 e. The number of aryl methyl sites for hydroxylation is 2. The number of carbonyl (C=O) groups excluding carboxylic acids is 1. The maximum Gasteiger partial charge on any atom is 0.254 e. The van der Waals surface area contributed by atoms with Crippen LogP contribution >= 0.6 is 0 Å². The molecule has 0 bridgehead atoms. The van der Waals surface area contributed by atoms with Crippen molar-refractivity contribution >= 4 is 21.6 Å². The van der Waals surface area contributed by atoms with E-state index in [-0.39, 0.29) is 23.9 Å². The topological polar surface area (TPSA) is 121 Å². The lowest BCUT2D eigenvalue weighted by Gasteiger charge is -2.16. The Labute approximate surface area is 152 Å². The normalized spacial score (nSPS) is 12.5. The first kappa shape index (κ1) is 19.6. The Morgan fingerprint density at radius 1 is 1.31 bits per heavy atom. The monoisotopic (exact) mass is 378 g/mol. The second-order valence-electron chi connectivity index (χ2n) is 6.18. The van der Waals surface area contributed by atoms with Gasteiger partial charge in [0.05, 0.1) is 18.7 Å². The van der Waals surface area contributed by atoms with E-state index in [0.717, 1.165) is 11.8 Å². The van der Waals surface area contributed by atoms with E-state index < -0.39 is 10.0 Å². The second kappa shape index (κ2) is 7.69. The summed E-state index contributed by atoms with van der Waals surface area (Å²) in [6.07, 6.45) is 0.987. The molecule has 0 spiro atoms. The van der Waals surface area contributed by atoms with Gasteiger partial charge in [0.25, 0.3) is 5.56 Å². The van der Waals surface area contributed by atoms with Gasteiger partial charge in [-0.05, 0) is 38.5 Å². The third-order valence-electron chi connectivity index (χ3n) is 3.75. The minimum atomic E-state index is -3.38. The van der Waals surface area contributed by atoms with Gasteiger partial charge in [0.15, 0.2) is 0 Å². The van der Waals surface area contributed by atoms with E-state index in [4.69, 9.17) is 0 Å². The number of H-pyrrole nitrogens is 1. The smallest absolute Gasteiger partial charge is 0.254 e. The van der Waals surface area contributed by atoms with Crippen molar-refractivity contribution in [3.05, 3.63) is 57.3 Å². The molecule has 0 aliphatic rings. The Kier molecular flexibility index (Phi) is 5.81. The molecule has 0 aliphatic heterocycles. The number of hydrogen-bond acceptors (Lipinski definition) is 5. The lowest BCUT2D eigenvalue weighted by molar-refractivity contribution is -0.121. The Bertz CT molecular complexity index is 982. The zero-order chi connectivity index (χ0) is 19.5. The fourth-order valence-corrected chi connectivity index (χ4v) is 3.14. The zero-order valence-corrected chi connectivity index (χ0v) is 15.9. The van der Waals surface area contributed by atoms with Crippen molar-refractivity contribution in [2.24, 2.45) is 0 Å². The third-order valence-corrected chi connectivity index (χ3v) is 4.35. The van der Waals surface area contributed by atoms with Crippen molar-refractivity contribution in [3.63, 3.8) is 0 Å². The number of aromatic nitrogens is 2. The number of rotatable bonds is 6. The zero-order valence-electron chi connectivity index (χ0n) is 15.1. The van der Waals surface area contributed by atoms with Gasteiger partial charge in [-0.25, -0.2) is 13.4 Å². The van der Waals surface area contributed by atoms with E-state index in [2.05, 4.69) is 20.0 Å². The first-order valence-corrected chi connectivity index (χ1v) is 9.88. The van der Waals surface area contributed by atoms with Gasteiger partial charge >= 0.3 is 0 Å². The molecule has 0 saturated heterocycles. The van der Waals surface area contributed by atoms with Crippen LogP contribution in [0.4, 0.5) is 5.69 Å². The summed E-state index contributed by atoms with van der Waals surface area (Å²) in [5.41, 5.74) is 1.68. The number of nitrogens with one attached hydrogen (secondary N) is 3. The molecule has 2 rings (SSSR count). The maximum absolute atomic E-state index is 12.3. The van der Waals surface area contributed by atoms with Gasteiger partial charge in [-0.15, -0.1) is 0 Å². The van der Waals surface area contributed by atoms with Crippen LogP contribution in [-0.2, 0) is 21.2 Å². The van der Waals surface area contributed by atoms with E-state index in [1.807, 2.05) is 0 Å². The summed E-state index contributed by atoms with van der Waals surface area (Å²) in [5, 5.41) is 2.81. The van der Waals surface area contributed by atoms with Gasteiger partial charge < -0.3 is 10.3 Å². The fourth-order valence-electron chi connectivity index (χ4n) is 2.58. The van der Waals surface area contributed by atoms with Crippen LogP contribution in [0.15, 0.2) is 29.1 Å². The molecule has 0 unspecified atom stereocenters. The van der Waals surface area contributed by atoms with E-state index in [1.165, 1.54) is 0 Å². The number of benzene rings is 1. The Hall–Kier alpha value is -2.68. The first-order chi connectivity index (χ1) is 12.0. The average molecular weight is 378 g/mol. The molecule has 0 radical (unpaired) electrons. The van der Waals surface area contributed by atoms with Crippen molar-refractivity contribution < 1.29 is 13.2 Å². The lowest BCUT2D eigenvalue weighted by atomic mass is 10.1. The highest BCUT2D eigenvalue weighted by Gasteiger charge is 2.15. The fraction of sp³-hybridized carbons (Fsp3) is 0.353. The molecule has 0 aliphatic carbocycles. The molecule has 8 nitrogen and oxygen atoms in total. The maximum atomic E-state index is 12.3. The molecule has 1 amide bonds. The van der Waals surface area contributed by atoms with E-state index >= 15 is 0 Å². The van der Waals surface area contributed by atoms with E-state index in [9.17, 15) is 18.0 Å². The van der Waals surface area contributed by atoms with Crippen molar-refractivity contribution in [1.29, 1.82) is 0 Å². The quantitative estimate of drug-likeness (QED) is 0.697. The highest BCUT2D eigenvalue weighted by Crippen LogP contribution is 2.18. The van der Waals surface area contributed by atoms with Crippen LogP contribution in [0, 0.1) is 13.8 Å². The molecule has 0 fully saturated rings. The van der Waals surface area contributed by atoms with Gasteiger partial charge in [-0.2, -0.15) is 0 Å². The van der Waals surface area contributed by atoms with Gasteiger partial charge in [0.1, 0.15) is 5.82 Å². The van der Waals surface area contributed by atoms with Crippen LogP contribution in [-0.4, -0.2) is 30.5 Å². The Morgan fingerprint density at radius 2 is 2.00 bits per heavy atom. The van der Waals surface area contributed by atoms with E-state index in [1.54, 1.807) is 45.0 Å². The number of hydrogen-bond donors (Lipinski definition) is 3. The molecule has 9 heteroatoms. The molecule has 2 aromatic rings. The molecule has 26 heavy (non-hydrogen) atoms. The molecule has 1 heterocycles. The summed E-state index contributed by atoms with van der Waals surface area (Å²) in [4.78, 5) is 31.0. The summed E-state index contributed by atoms with van der Waals surface area (Å²) in [5.74, 6) is 0.179. The van der Waals surface area contributed by atoms with Crippen LogP contribution in [0.25, 0.3) is 0 Å². The minimum absolute atomic E-state index is 0.0833. The van der Waals surface area contributed by atoms with Crippen LogP contribution in [0.1, 0.15) is 35.6 Å². The van der Waals surface area contributed by atoms with Crippen LogP contribution in [0.3, 0.4) is 0 Å². The predicted octanol–water partition coefficient (Wildman–Crippen LogP) is 1.18. The molecule has 1 aromatic heterocycles. The molecule has 3 N–H and O–H groups in total. The lowest BCUT2D eigenvalue weighted by Crippen LogP contribution is -2.31. The highest BCUT2D eigenvalue weighted by molar-refractivity contribution is 7.92. The summed E-state index contributed by atoms with van der Waals surface area (Å²) in [6, 6.07) is 6.40. The summed E-state index contributed by atoms with van der Waals surface area (Å²) < 4.78 is 25.1. The number of amides is 1. The molecule has 1 aromatic carbocycles. The Morgan fingerprint density at radius 3 is 2.62 bits per heavy atom. The summed E-state index contributed by atoms with van der Waals surface area (Å²) in [6.45, 7) is 5.15. The number of sulfonamides is 1. The SMILES string of the molecule is Cc1nc(C)c(CC(=O)N[C@@H](C)c2cccc(NS(C)(=O)=O)c2)c(=O)[nH]1. The van der Waals surface area contributed by atoms with Crippen LogP contribution < -0.4 is 15.6 Å². The highest BCUT2D eigenvalue weighted by atomic mass is 32.2.